The first-order valence-corrected chi connectivity index (χ1v) is 13.4. The number of rotatable bonds is 4. The molecule has 5 heterocycles. The average Bonchev–Trinajstić information content (AvgIpc) is 3.30. The van der Waals surface area contributed by atoms with Gasteiger partial charge in [0.05, 0.1) is 5.69 Å². The molecule has 3 aromatic heterocycles. The van der Waals surface area contributed by atoms with Gasteiger partial charge in [0.25, 0.3) is 0 Å². The standard InChI is InChI=1S/C28H37N9/c1-19-16-36(17-20(2)34(19)5)28-26-27(29-18-30-28)31-25-11-10-24(32-37(25)26)21-6-8-23(9-7-21)35-14-12-22(13-15-35)33(3)4/h6-11,18-20,22H,12-17H2,1-5H3/t19-,20+. The molecule has 0 unspecified atom stereocenters. The number of nitrogens with zero attached hydrogens (tertiary/aromatic N) is 9. The molecular formula is C28H37N9. The number of benzene rings is 1. The van der Waals surface area contributed by atoms with Gasteiger partial charge in [0, 0.05) is 55.6 Å². The second-order valence-corrected chi connectivity index (χ2v) is 11.0. The lowest BCUT2D eigenvalue weighted by Gasteiger charge is -2.42. The van der Waals surface area contributed by atoms with Crippen LogP contribution in [0.1, 0.15) is 26.7 Å². The minimum Gasteiger partial charge on any atom is -0.371 e. The van der Waals surface area contributed by atoms with Crippen molar-refractivity contribution in [3.63, 3.8) is 0 Å². The van der Waals surface area contributed by atoms with E-state index in [-0.39, 0.29) is 0 Å². The molecule has 9 heteroatoms. The zero-order chi connectivity index (χ0) is 25.7. The van der Waals surface area contributed by atoms with Crippen LogP contribution in [0.2, 0.25) is 0 Å². The number of piperazine rings is 1. The third-order valence-electron chi connectivity index (χ3n) is 8.41. The number of likely N-dealkylation sites (N-methyl/N-ethyl adjacent to an activating group) is 1. The van der Waals surface area contributed by atoms with E-state index in [1.807, 2.05) is 16.6 Å². The van der Waals surface area contributed by atoms with Crippen LogP contribution >= 0.6 is 0 Å². The molecule has 2 aliphatic heterocycles. The summed E-state index contributed by atoms with van der Waals surface area (Å²) < 4.78 is 1.92. The van der Waals surface area contributed by atoms with Gasteiger partial charge >= 0.3 is 0 Å². The molecule has 6 rings (SSSR count). The van der Waals surface area contributed by atoms with Crippen LogP contribution in [-0.4, -0.2) is 99.8 Å². The number of fused-ring (bicyclic) bond motifs is 3. The van der Waals surface area contributed by atoms with Crippen molar-refractivity contribution in [2.75, 3.05) is 57.1 Å². The van der Waals surface area contributed by atoms with E-state index >= 15 is 0 Å². The Kier molecular flexibility index (Phi) is 6.20. The van der Waals surface area contributed by atoms with Crippen molar-refractivity contribution in [3.8, 4) is 11.3 Å². The number of imidazole rings is 1. The van der Waals surface area contributed by atoms with Gasteiger partial charge < -0.3 is 14.7 Å². The van der Waals surface area contributed by atoms with Gasteiger partial charge in [-0.1, -0.05) is 12.1 Å². The number of piperidine rings is 1. The minimum absolute atomic E-state index is 0.434. The molecular weight excluding hydrogens is 462 g/mol. The average molecular weight is 500 g/mol. The lowest BCUT2D eigenvalue weighted by molar-refractivity contribution is 0.169. The molecule has 0 N–H and O–H groups in total. The zero-order valence-electron chi connectivity index (χ0n) is 22.5. The zero-order valence-corrected chi connectivity index (χ0v) is 22.5. The maximum Gasteiger partial charge on any atom is 0.185 e. The van der Waals surface area contributed by atoms with Crippen LogP contribution in [0.15, 0.2) is 42.7 Å². The summed E-state index contributed by atoms with van der Waals surface area (Å²) in [6, 6.07) is 14.4. The molecule has 4 aromatic rings. The van der Waals surface area contributed by atoms with E-state index < -0.39 is 0 Å². The molecule has 0 saturated carbocycles. The quantitative estimate of drug-likeness (QED) is 0.423. The highest BCUT2D eigenvalue weighted by atomic mass is 15.3. The molecule has 9 nitrogen and oxygen atoms in total. The molecule has 0 bridgehead atoms. The summed E-state index contributed by atoms with van der Waals surface area (Å²) in [6.45, 7) is 8.54. The Labute approximate surface area is 218 Å². The first-order valence-electron chi connectivity index (χ1n) is 13.4. The van der Waals surface area contributed by atoms with Crippen molar-refractivity contribution < 1.29 is 0 Å². The molecule has 1 aromatic carbocycles. The minimum atomic E-state index is 0.434. The monoisotopic (exact) mass is 499 g/mol. The van der Waals surface area contributed by atoms with Gasteiger partial charge in [0.1, 0.15) is 6.33 Å². The summed E-state index contributed by atoms with van der Waals surface area (Å²) in [5.74, 6) is 0.908. The number of hydrogen-bond donors (Lipinski definition) is 0. The topological polar surface area (TPSA) is 68.9 Å². The van der Waals surface area contributed by atoms with Gasteiger partial charge in [0.2, 0.25) is 0 Å². The summed E-state index contributed by atoms with van der Waals surface area (Å²) in [6.07, 6.45) is 4.03. The molecule has 0 aliphatic carbocycles. The fraction of sp³-hybridized carbons (Fsp3) is 0.500. The fourth-order valence-corrected chi connectivity index (χ4v) is 5.85. The number of hydrogen-bond acceptors (Lipinski definition) is 8. The number of anilines is 2. The first kappa shape index (κ1) is 24.1. The molecule has 2 saturated heterocycles. The third kappa shape index (κ3) is 4.40. The van der Waals surface area contributed by atoms with Crippen LogP contribution in [0.4, 0.5) is 11.5 Å². The van der Waals surface area contributed by atoms with E-state index in [1.54, 1.807) is 6.33 Å². The predicted molar refractivity (Wildman–Crippen MR) is 149 cm³/mol. The second kappa shape index (κ2) is 9.54. The van der Waals surface area contributed by atoms with Crippen LogP contribution in [0, 0.1) is 0 Å². The van der Waals surface area contributed by atoms with E-state index in [0.29, 0.717) is 23.8 Å². The fourth-order valence-electron chi connectivity index (χ4n) is 5.85. The van der Waals surface area contributed by atoms with Gasteiger partial charge in [-0.25, -0.2) is 19.5 Å². The number of aromatic nitrogens is 5. The lowest BCUT2D eigenvalue weighted by Crippen LogP contribution is -2.55. The Morgan fingerprint density at radius 1 is 0.865 bits per heavy atom. The van der Waals surface area contributed by atoms with Gasteiger partial charge in [-0.2, -0.15) is 5.10 Å². The van der Waals surface area contributed by atoms with Crippen LogP contribution in [-0.2, 0) is 0 Å². The van der Waals surface area contributed by atoms with Gasteiger partial charge in [-0.05, 0) is 72.1 Å². The van der Waals surface area contributed by atoms with Crippen LogP contribution < -0.4 is 9.80 Å². The van der Waals surface area contributed by atoms with E-state index in [4.69, 9.17) is 15.1 Å². The van der Waals surface area contributed by atoms with E-state index in [2.05, 4.69) is 83.8 Å². The van der Waals surface area contributed by atoms with Crippen LogP contribution in [0.25, 0.3) is 28.1 Å². The predicted octanol–water partition coefficient (Wildman–Crippen LogP) is 3.40. The van der Waals surface area contributed by atoms with Gasteiger partial charge in [-0.15, -0.1) is 0 Å². The van der Waals surface area contributed by atoms with Crippen LogP contribution in [0.5, 0.6) is 0 Å². The second-order valence-electron chi connectivity index (χ2n) is 11.0. The van der Waals surface area contributed by atoms with E-state index in [1.165, 1.54) is 18.5 Å². The van der Waals surface area contributed by atoms with Crippen molar-refractivity contribution in [2.45, 2.75) is 44.8 Å². The molecule has 2 fully saturated rings. The molecule has 194 valence electrons. The van der Waals surface area contributed by atoms with E-state index in [0.717, 1.165) is 54.4 Å². The smallest absolute Gasteiger partial charge is 0.185 e. The molecule has 37 heavy (non-hydrogen) atoms. The molecule has 2 atom stereocenters. The maximum atomic E-state index is 5.03. The van der Waals surface area contributed by atoms with Crippen molar-refractivity contribution in [1.29, 1.82) is 0 Å². The first-order chi connectivity index (χ1) is 17.9. The Balaban J connectivity index is 1.31. The van der Waals surface area contributed by atoms with Crippen molar-refractivity contribution in [1.82, 2.24) is 34.4 Å². The highest BCUT2D eigenvalue weighted by Gasteiger charge is 2.29. The van der Waals surface area contributed by atoms with Crippen molar-refractivity contribution >= 4 is 28.3 Å². The van der Waals surface area contributed by atoms with Crippen molar-refractivity contribution in [2.24, 2.45) is 0 Å². The summed E-state index contributed by atoms with van der Waals surface area (Å²) in [5.41, 5.74) is 5.64. The van der Waals surface area contributed by atoms with Crippen molar-refractivity contribution in [3.05, 3.63) is 42.7 Å². The molecule has 2 aliphatic rings. The Morgan fingerprint density at radius 2 is 1.57 bits per heavy atom. The third-order valence-corrected chi connectivity index (χ3v) is 8.41. The Hall–Kier alpha value is -3.30. The van der Waals surface area contributed by atoms with E-state index in [9.17, 15) is 0 Å². The normalized spacial score (nSPS) is 22.0. The summed E-state index contributed by atoms with van der Waals surface area (Å²) in [4.78, 5) is 23.6. The maximum absolute atomic E-state index is 5.03. The molecule has 0 radical (unpaired) electrons. The largest absolute Gasteiger partial charge is 0.371 e. The molecule has 0 amide bonds. The summed E-state index contributed by atoms with van der Waals surface area (Å²) in [7, 11) is 6.56. The highest BCUT2D eigenvalue weighted by Crippen LogP contribution is 2.29. The van der Waals surface area contributed by atoms with Gasteiger partial charge in [-0.3, -0.25) is 4.90 Å². The molecule has 0 spiro atoms. The SMILES string of the molecule is C[C@@H]1CN(c2ncnc3nc4ccc(-c5ccc(N6CCC(N(C)C)CC6)cc5)nn4c23)C[C@H](C)N1C. The van der Waals surface area contributed by atoms with Gasteiger partial charge in [0.15, 0.2) is 22.6 Å². The summed E-state index contributed by atoms with van der Waals surface area (Å²) >= 11 is 0. The lowest BCUT2D eigenvalue weighted by atomic mass is 10.0. The Morgan fingerprint density at radius 3 is 2.24 bits per heavy atom. The highest BCUT2D eigenvalue weighted by molar-refractivity contribution is 5.87. The van der Waals surface area contributed by atoms with Crippen LogP contribution in [0.3, 0.4) is 0 Å². The summed E-state index contributed by atoms with van der Waals surface area (Å²) in [5, 5.41) is 5.03. The Bertz CT molecular complexity index is 1380.